The Labute approximate surface area is 114 Å². The van der Waals surface area contributed by atoms with Crippen molar-refractivity contribution in [2.75, 3.05) is 20.3 Å². The maximum Gasteiger partial charge on any atom is 0.304 e. The summed E-state index contributed by atoms with van der Waals surface area (Å²) in [5.74, 6) is -0.778. The van der Waals surface area contributed by atoms with Gasteiger partial charge in [-0.1, -0.05) is 23.8 Å². The summed E-state index contributed by atoms with van der Waals surface area (Å²) in [5.41, 5.74) is 3.63. The van der Waals surface area contributed by atoms with Gasteiger partial charge in [0.15, 0.2) is 0 Å². The first-order valence-corrected chi connectivity index (χ1v) is 6.53. The fourth-order valence-corrected chi connectivity index (χ4v) is 2.13. The maximum absolute atomic E-state index is 10.9. The highest BCUT2D eigenvalue weighted by molar-refractivity contribution is 5.67. The number of rotatable bonds is 8. The van der Waals surface area contributed by atoms with Gasteiger partial charge in [-0.2, -0.15) is 0 Å². The van der Waals surface area contributed by atoms with Gasteiger partial charge < -0.3 is 15.2 Å². The monoisotopic (exact) mass is 265 g/mol. The highest BCUT2D eigenvalue weighted by Gasteiger charge is 2.14. The number of methoxy groups -OCH3 is 1. The van der Waals surface area contributed by atoms with Gasteiger partial charge in [-0.25, -0.2) is 0 Å². The van der Waals surface area contributed by atoms with Gasteiger partial charge in [0, 0.05) is 19.7 Å². The van der Waals surface area contributed by atoms with Crippen LogP contribution in [0, 0.1) is 13.8 Å². The third-order valence-electron chi connectivity index (χ3n) is 3.12. The normalized spacial score (nSPS) is 12.4. The number of aryl methyl sites for hydroxylation is 2. The van der Waals surface area contributed by atoms with Crippen molar-refractivity contribution in [1.29, 1.82) is 0 Å². The summed E-state index contributed by atoms with van der Waals surface area (Å²) in [6.07, 6.45) is 0.846. The zero-order chi connectivity index (χ0) is 14.3. The average molecular weight is 265 g/mol. The van der Waals surface area contributed by atoms with Crippen LogP contribution in [0.4, 0.5) is 0 Å². The summed E-state index contributed by atoms with van der Waals surface area (Å²) in [6.45, 7) is 5.38. The van der Waals surface area contributed by atoms with E-state index in [-0.39, 0.29) is 12.5 Å². The molecule has 4 nitrogen and oxygen atoms in total. The standard InChI is InChI=1S/C15H23NO3/c1-11-4-5-13(12(2)8-11)9-14(10-15(17)18)16-6-7-19-3/h4-5,8,14,16H,6-7,9-10H2,1-3H3,(H,17,18). The van der Waals surface area contributed by atoms with E-state index in [0.29, 0.717) is 13.2 Å². The number of ether oxygens (including phenoxy) is 1. The molecule has 106 valence electrons. The van der Waals surface area contributed by atoms with E-state index in [0.717, 1.165) is 6.42 Å². The number of aliphatic carboxylic acids is 1. The number of nitrogens with one attached hydrogen (secondary N) is 1. The van der Waals surface area contributed by atoms with Crippen molar-refractivity contribution >= 4 is 5.97 Å². The molecule has 0 spiro atoms. The van der Waals surface area contributed by atoms with Crippen molar-refractivity contribution < 1.29 is 14.6 Å². The molecule has 0 aliphatic carbocycles. The fraction of sp³-hybridized carbons (Fsp3) is 0.533. The largest absolute Gasteiger partial charge is 0.481 e. The molecule has 1 aromatic rings. The highest BCUT2D eigenvalue weighted by atomic mass is 16.5. The van der Waals surface area contributed by atoms with Crippen molar-refractivity contribution in [3.05, 3.63) is 34.9 Å². The predicted molar refractivity (Wildman–Crippen MR) is 75.5 cm³/mol. The first kappa shape index (κ1) is 15.7. The first-order chi connectivity index (χ1) is 9.02. The van der Waals surface area contributed by atoms with E-state index >= 15 is 0 Å². The van der Waals surface area contributed by atoms with Crippen LogP contribution in [0.25, 0.3) is 0 Å². The Morgan fingerprint density at radius 3 is 2.74 bits per heavy atom. The molecule has 0 saturated carbocycles. The fourth-order valence-electron chi connectivity index (χ4n) is 2.13. The molecule has 2 N–H and O–H groups in total. The lowest BCUT2D eigenvalue weighted by molar-refractivity contribution is -0.137. The van der Waals surface area contributed by atoms with E-state index in [1.165, 1.54) is 16.7 Å². The summed E-state index contributed by atoms with van der Waals surface area (Å²) >= 11 is 0. The second-order valence-electron chi connectivity index (χ2n) is 4.88. The van der Waals surface area contributed by atoms with E-state index in [4.69, 9.17) is 9.84 Å². The van der Waals surface area contributed by atoms with Crippen LogP contribution in [0.1, 0.15) is 23.1 Å². The lowest BCUT2D eigenvalue weighted by atomic mass is 9.97. The minimum absolute atomic E-state index is 0.0611. The molecule has 0 aromatic heterocycles. The molecular formula is C15H23NO3. The number of hydrogen-bond acceptors (Lipinski definition) is 3. The summed E-state index contributed by atoms with van der Waals surface area (Å²) in [6, 6.07) is 6.21. The Morgan fingerprint density at radius 2 is 2.16 bits per heavy atom. The van der Waals surface area contributed by atoms with Crippen LogP contribution in [0.15, 0.2) is 18.2 Å². The minimum Gasteiger partial charge on any atom is -0.481 e. The van der Waals surface area contributed by atoms with Gasteiger partial charge in [-0.15, -0.1) is 0 Å². The molecule has 0 heterocycles. The molecule has 0 bridgehead atoms. The first-order valence-electron chi connectivity index (χ1n) is 6.53. The molecule has 0 aliphatic heterocycles. The second-order valence-corrected chi connectivity index (χ2v) is 4.88. The Morgan fingerprint density at radius 1 is 1.42 bits per heavy atom. The van der Waals surface area contributed by atoms with E-state index in [1.54, 1.807) is 7.11 Å². The summed E-state index contributed by atoms with van der Waals surface area (Å²) in [5, 5.41) is 12.2. The van der Waals surface area contributed by atoms with Gasteiger partial charge >= 0.3 is 5.97 Å². The smallest absolute Gasteiger partial charge is 0.304 e. The lowest BCUT2D eigenvalue weighted by Gasteiger charge is -2.18. The van der Waals surface area contributed by atoms with Crippen molar-refractivity contribution in [3.8, 4) is 0 Å². The lowest BCUT2D eigenvalue weighted by Crippen LogP contribution is -2.35. The van der Waals surface area contributed by atoms with Gasteiger partial charge in [-0.3, -0.25) is 4.79 Å². The molecular weight excluding hydrogens is 242 g/mol. The molecule has 0 fully saturated rings. The van der Waals surface area contributed by atoms with Crippen molar-refractivity contribution in [2.24, 2.45) is 0 Å². The summed E-state index contributed by atoms with van der Waals surface area (Å²) in [4.78, 5) is 10.9. The Balaban J connectivity index is 2.66. The van der Waals surface area contributed by atoms with Crippen LogP contribution in [-0.4, -0.2) is 37.4 Å². The minimum atomic E-state index is -0.778. The van der Waals surface area contributed by atoms with Gasteiger partial charge in [-0.05, 0) is 31.4 Å². The SMILES string of the molecule is COCCNC(CC(=O)O)Cc1ccc(C)cc1C. The van der Waals surface area contributed by atoms with E-state index in [1.807, 2.05) is 0 Å². The molecule has 1 aromatic carbocycles. The average Bonchev–Trinajstić information content (AvgIpc) is 2.32. The molecule has 0 aliphatic rings. The van der Waals surface area contributed by atoms with E-state index < -0.39 is 5.97 Å². The molecule has 1 unspecified atom stereocenters. The van der Waals surface area contributed by atoms with Crippen molar-refractivity contribution in [1.82, 2.24) is 5.32 Å². The third-order valence-corrected chi connectivity index (χ3v) is 3.12. The zero-order valence-corrected chi connectivity index (χ0v) is 11.9. The number of hydrogen-bond donors (Lipinski definition) is 2. The van der Waals surface area contributed by atoms with Crippen LogP contribution in [0.3, 0.4) is 0 Å². The van der Waals surface area contributed by atoms with E-state index in [9.17, 15) is 4.79 Å². The molecule has 19 heavy (non-hydrogen) atoms. The van der Waals surface area contributed by atoms with E-state index in [2.05, 4.69) is 37.4 Å². The summed E-state index contributed by atoms with van der Waals surface area (Å²) < 4.78 is 4.98. The number of carbonyl (C=O) groups is 1. The van der Waals surface area contributed by atoms with Gasteiger partial charge in [0.05, 0.1) is 13.0 Å². The van der Waals surface area contributed by atoms with Crippen LogP contribution >= 0.6 is 0 Å². The Bertz CT molecular complexity index is 418. The maximum atomic E-state index is 10.9. The van der Waals surface area contributed by atoms with Gasteiger partial charge in [0.2, 0.25) is 0 Å². The highest BCUT2D eigenvalue weighted by Crippen LogP contribution is 2.14. The van der Waals surface area contributed by atoms with Crippen LogP contribution < -0.4 is 5.32 Å². The van der Waals surface area contributed by atoms with Crippen LogP contribution in [0.2, 0.25) is 0 Å². The van der Waals surface area contributed by atoms with Crippen molar-refractivity contribution in [2.45, 2.75) is 32.7 Å². The van der Waals surface area contributed by atoms with Crippen molar-refractivity contribution in [3.63, 3.8) is 0 Å². The quantitative estimate of drug-likeness (QED) is 0.705. The predicted octanol–water partition coefficient (Wildman–Crippen LogP) is 1.93. The van der Waals surface area contributed by atoms with Crippen LogP contribution in [0.5, 0.6) is 0 Å². The Hall–Kier alpha value is -1.39. The second kappa shape index (κ2) is 7.92. The Kier molecular flexibility index (Phi) is 6.53. The zero-order valence-electron chi connectivity index (χ0n) is 11.9. The molecule has 1 atom stereocenters. The summed E-state index contributed by atoms with van der Waals surface area (Å²) in [7, 11) is 1.64. The molecule has 0 radical (unpaired) electrons. The molecule has 0 amide bonds. The topological polar surface area (TPSA) is 58.6 Å². The third kappa shape index (κ3) is 5.85. The number of benzene rings is 1. The molecule has 0 saturated heterocycles. The number of carboxylic acid groups (broad SMARTS) is 1. The molecule has 4 heteroatoms. The van der Waals surface area contributed by atoms with Gasteiger partial charge in [0.25, 0.3) is 0 Å². The van der Waals surface area contributed by atoms with Gasteiger partial charge in [0.1, 0.15) is 0 Å². The number of carboxylic acids is 1. The van der Waals surface area contributed by atoms with Crippen LogP contribution in [-0.2, 0) is 16.0 Å². The molecule has 1 rings (SSSR count).